The van der Waals surface area contributed by atoms with E-state index in [0.29, 0.717) is 70.1 Å². The van der Waals surface area contributed by atoms with Crippen LogP contribution in [0.15, 0.2) is 0 Å². The second-order valence-electron chi connectivity index (χ2n) is 13.5. The van der Waals surface area contributed by atoms with Crippen LogP contribution in [0.2, 0.25) is 0 Å². The van der Waals surface area contributed by atoms with Crippen molar-refractivity contribution < 1.29 is 33.6 Å². The quantitative estimate of drug-likeness (QED) is 0.0733. The minimum atomic E-state index is -1.04. The summed E-state index contributed by atoms with van der Waals surface area (Å²) in [5, 5.41) is 19.3. The zero-order valence-electron chi connectivity index (χ0n) is 31.5. The van der Waals surface area contributed by atoms with Crippen LogP contribution in [0.1, 0.15) is 137 Å². The third kappa shape index (κ3) is 18.6. The Balaban J connectivity index is 3.45. The molecule has 0 aromatic heterocycles. The smallest absolute Gasteiger partial charge is 0.243 e. The molecule has 1 fully saturated rings. The molecule has 7 amide bonds. The van der Waals surface area contributed by atoms with Crippen molar-refractivity contribution in [2.45, 2.75) is 174 Å². The van der Waals surface area contributed by atoms with Crippen LogP contribution in [0.5, 0.6) is 0 Å². The number of carbonyl (C=O) groups is 7. The van der Waals surface area contributed by atoms with Gasteiger partial charge in [0.2, 0.25) is 41.4 Å². The van der Waals surface area contributed by atoms with Gasteiger partial charge < -0.3 is 37.2 Å². The SMILES string of the molecule is CCCCC[C@@H]1NC(=O)[C@@H](C)NC(=O)[C@H](CCCCC)NC(=O)[C@@H](CCCCNC(=O)CCS)NC(=O)[C@H](CCCCC)NC(=O)[C@@H](C)NC1=O. The van der Waals surface area contributed by atoms with Gasteiger partial charge in [0.25, 0.3) is 0 Å². The molecule has 1 heterocycles. The van der Waals surface area contributed by atoms with Gasteiger partial charge in [-0.1, -0.05) is 78.6 Å². The average Bonchev–Trinajstić information content (AvgIpc) is 3.09. The predicted octanol–water partition coefficient (Wildman–Crippen LogP) is 2.30. The molecule has 1 saturated heterocycles. The van der Waals surface area contributed by atoms with Crippen LogP contribution in [0, 0.1) is 0 Å². The van der Waals surface area contributed by atoms with E-state index in [4.69, 9.17) is 0 Å². The lowest BCUT2D eigenvalue weighted by molar-refractivity contribution is -0.136. The maximum absolute atomic E-state index is 13.8. The van der Waals surface area contributed by atoms with Crippen LogP contribution in [0.4, 0.5) is 0 Å². The molecule has 0 saturated carbocycles. The van der Waals surface area contributed by atoms with E-state index in [9.17, 15) is 33.6 Å². The first-order valence-corrected chi connectivity index (χ1v) is 19.7. The van der Waals surface area contributed by atoms with Crippen molar-refractivity contribution in [1.29, 1.82) is 0 Å². The minimum Gasteiger partial charge on any atom is -0.356 e. The van der Waals surface area contributed by atoms with Crippen LogP contribution < -0.4 is 37.2 Å². The Morgan fingerprint density at radius 2 is 0.824 bits per heavy atom. The van der Waals surface area contributed by atoms with Crippen LogP contribution in [0.3, 0.4) is 0 Å². The maximum Gasteiger partial charge on any atom is 0.243 e. The summed E-state index contributed by atoms with van der Waals surface area (Å²) >= 11 is 4.07. The predicted molar refractivity (Wildman–Crippen MR) is 201 cm³/mol. The van der Waals surface area contributed by atoms with Gasteiger partial charge in [0.1, 0.15) is 36.3 Å². The third-order valence-electron chi connectivity index (χ3n) is 8.91. The summed E-state index contributed by atoms with van der Waals surface area (Å²) in [4.78, 5) is 93.0. The van der Waals surface area contributed by atoms with Gasteiger partial charge in [-0.25, -0.2) is 0 Å². The van der Waals surface area contributed by atoms with Gasteiger partial charge in [-0.2, -0.15) is 12.6 Å². The summed E-state index contributed by atoms with van der Waals surface area (Å²) in [7, 11) is 0. The Bertz CT molecular complexity index is 1120. The largest absolute Gasteiger partial charge is 0.356 e. The molecule has 0 bridgehead atoms. The van der Waals surface area contributed by atoms with Gasteiger partial charge in [0.15, 0.2) is 0 Å². The molecule has 6 atom stereocenters. The molecule has 0 aromatic rings. The Kier molecular flexibility index (Phi) is 23.7. The fourth-order valence-electron chi connectivity index (χ4n) is 5.66. The van der Waals surface area contributed by atoms with E-state index in [1.807, 2.05) is 20.8 Å². The maximum atomic E-state index is 13.8. The van der Waals surface area contributed by atoms with Crippen molar-refractivity contribution in [3.63, 3.8) is 0 Å². The van der Waals surface area contributed by atoms with Gasteiger partial charge in [0, 0.05) is 13.0 Å². The van der Waals surface area contributed by atoms with Crippen molar-refractivity contribution in [2.75, 3.05) is 12.3 Å². The summed E-state index contributed by atoms with van der Waals surface area (Å²) < 4.78 is 0. The molecule has 51 heavy (non-hydrogen) atoms. The third-order valence-corrected chi connectivity index (χ3v) is 9.13. The molecule has 0 radical (unpaired) electrons. The molecule has 1 aliphatic rings. The van der Waals surface area contributed by atoms with Crippen LogP contribution in [-0.2, 0) is 33.6 Å². The summed E-state index contributed by atoms with van der Waals surface area (Å²) in [6.45, 7) is 9.45. The number of thiol groups is 1. The standard InChI is InChI=1S/C36H65N7O7S/c1-6-9-12-17-26-33(47)38-25(5)32(46)41-28(19-14-11-8-3)35(49)43-29(20-15-16-22-37-30(44)21-23-51)36(50)42-27(18-13-10-7-2)34(48)39-24(4)31(45)40-26/h24-29,51H,6-23H2,1-5H3,(H,37,44)(H,38,47)(H,39,48)(H,40,45)(H,41,46)(H,42,50)(H,43,49)/t24-,25-,26+,27+,28+,29-/m1/s1. The lowest BCUT2D eigenvalue weighted by Gasteiger charge is -2.28. The van der Waals surface area contributed by atoms with E-state index in [0.717, 1.165) is 38.5 Å². The van der Waals surface area contributed by atoms with Gasteiger partial charge >= 0.3 is 0 Å². The summed E-state index contributed by atoms with van der Waals surface area (Å²) in [6, 6.07) is -6.01. The fraction of sp³-hybridized carbons (Fsp3) is 0.806. The Morgan fingerprint density at radius 3 is 1.16 bits per heavy atom. The molecule has 0 spiro atoms. The molecule has 0 unspecified atom stereocenters. The van der Waals surface area contributed by atoms with Crippen molar-refractivity contribution in [3.8, 4) is 0 Å². The Morgan fingerprint density at radius 1 is 0.510 bits per heavy atom. The van der Waals surface area contributed by atoms with E-state index < -0.39 is 71.7 Å². The zero-order valence-corrected chi connectivity index (χ0v) is 32.4. The van der Waals surface area contributed by atoms with Crippen molar-refractivity contribution in [2.24, 2.45) is 0 Å². The lowest BCUT2D eigenvalue weighted by atomic mass is 10.0. The normalized spacial score (nSPS) is 24.2. The molecule has 14 nitrogen and oxygen atoms in total. The topological polar surface area (TPSA) is 204 Å². The van der Waals surface area contributed by atoms with E-state index in [2.05, 4.69) is 49.8 Å². The zero-order chi connectivity index (χ0) is 38.2. The summed E-state index contributed by atoms with van der Waals surface area (Å²) in [5.74, 6) is -3.05. The van der Waals surface area contributed by atoms with Gasteiger partial charge in [-0.3, -0.25) is 33.6 Å². The molecular formula is C36H65N7O7S. The monoisotopic (exact) mass is 739 g/mol. The highest BCUT2D eigenvalue weighted by molar-refractivity contribution is 7.80. The number of unbranched alkanes of at least 4 members (excludes halogenated alkanes) is 7. The van der Waals surface area contributed by atoms with Crippen LogP contribution in [-0.4, -0.2) is 89.9 Å². The average molecular weight is 740 g/mol. The van der Waals surface area contributed by atoms with Gasteiger partial charge in [-0.05, 0) is 58.1 Å². The number of hydrogen-bond acceptors (Lipinski definition) is 8. The molecule has 0 aromatic carbocycles. The first-order chi connectivity index (χ1) is 24.4. The Labute approximate surface area is 310 Å². The molecule has 7 N–H and O–H groups in total. The van der Waals surface area contributed by atoms with E-state index >= 15 is 0 Å². The molecular weight excluding hydrogens is 675 g/mol. The van der Waals surface area contributed by atoms with Crippen molar-refractivity contribution in [1.82, 2.24) is 37.2 Å². The number of amides is 7. The fourth-order valence-corrected chi connectivity index (χ4v) is 5.86. The molecule has 292 valence electrons. The first kappa shape index (κ1) is 45.7. The van der Waals surface area contributed by atoms with E-state index in [-0.39, 0.29) is 12.3 Å². The van der Waals surface area contributed by atoms with E-state index in [1.54, 1.807) is 0 Å². The first-order valence-electron chi connectivity index (χ1n) is 19.1. The second-order valence-corrected chi connectivity index (χ2v) is 14.0. The van der Waals surface area contributed by atoms with Crippen molar-refractivity contribution in [3.05, 3.63) is 0 Å². The van der Waals surface area contributed by atoms with Crippen LogP contribution >= 0.6 is 12.6 Å². The molecule has 15 heteroatoms. The highest BCUT2D eigenvalue weighted by atomic mass is 32.1. The number of carbonyl (C=O) groups excluding carboxylic acids is 7. The minimum absolute atomic E-state index is 0.126. The van der Waals surface area contributed by atoms with Crippen LogP contribution in [0.25, 0.3) is 0 Å². The molecule has 0 aliphatic carbocycles. The molecule has 1 rings (SSSR count). The van der Waals surface area contributed by atoms with E-state index in [1.165, 1.54) is 13.8 Å². The number of nitrogens with one attached hydrogen (secondary N) is 7. The Hall–Kier alpha value is -3.36. The number of rotatable bonds is 19. The second kappa shape index (κ2) is 26.4. The van der Waals surface area contributed by atoms with Crippen molar-refractivity contribution >= 4 is 54.0 Å². The number of hydrogen-bond donors (Lipinski definition) is 8. The highest BCUT2D eigenvalue weighted by Gasteiger charge is 2.33. The highest BCUT2D eigenvalue weighted by Crippen LogP contribution is 2.11. The summed E-state index contributed by atoms with van der Waals surface area (Å²) in [5.41, 5.74) is 0. The van der Waals surface area contributed by atoms with Gasteiger partial charge in [0.05, 0.1) is 0 Å². The lowest BCUT2D eigenvalue weighted by Crippen LogP contribution is -2.60. The molecule has 1 aliphatic heterocycles. The summed E-state index contributed by atoms with van der Waals surface area (Å²) in [6.07, 6.45) is 9.56. The van der Waals surface area contributed by atoms with Gasteiger partial charge in [-0.15, -0.1) is 0 Å².